The fourth-order valence-electron chi connectivity index (χ4n) is 5.21. The molecule has 0 atom stereocenters. The summed E-state index contributed by atoms with van der Waals surface area (Å²) >= 11 is 0. The van der Waals surface area contributed by atoms with Gasteiger partial charge in [-0.15, -0.1) is 0 Å². The molecule has 1 saturated heterocycles. The third-order valence-corrected chi connectivity index (χ3v) is 7.58. The Labute approximate surface area is 267 Å². The molecule has 0 unspecified atom stereocenters. The lowest BCUT2D eigenvalue weighted by molar-refractivity contribution is -0.138. The molecule has 5 N–H and O–H groups in total. The highest BCUT2D eigenvalue weighted by Gasteiger charge is 2.39. The van der Waals surface area contributed by atoms with E-state index < -0.39 is 64.3 Å². The number of carbonyl (C=O) groups excluding carboxylic acids is 2. The van der Waals surface area contributed by atoms with E-state index in [2.05, 4.69) is 4.99 Å². The lowest BCUT2D eigenvalue weighted by Crippen LogP contribution is -2.38. The number of carboxylic acids is 2. The van der Waals surface area contributed by atoms with Crippen LogP contribution in [0.5, 0.6) is 5.75 Å². The summed E-state index contributed by atoms with van der Waals surface area (Å²) in [5, 5.41) is 29.0. The molecular weight excluding hydrogens is 621 g/mol. The molecule has 0 saturated carbocycles. The number of piperidine rings is 1. The minimum atomic E-state index is -5.07. The number of aromatic hydroxyl groups is 1. The van der Waals surface area contributed by atoms with Crippen molar-refractivity contribution in [3.63, 3.8) is 0 Å². The summed E-state index contributed by atoms with van der Waals surface area (Å²) in [5.41, 5.74) is 3.50. The van der Waals surface area contributed by atoms with Gasteiger partial charge < -0.3 is 30.9 Å². The Kier molecular flexibility index (Phi) is 10.3. The maximum Gasteiger partial charge on any atom is 0.421 e. The van der Waals surface area contributed by atoms with Gasteiger partial charge in [-0.25, -0.2) is 9.59 Å². The number of phenolic OH excluding ortho intramolecular Hbond substituents is 1. The second-order valence-electron chi connectivity index (χ2n) is 10.7. The molecule has 4 rings (SSSR count). The number of nitrogens with two attached hydrogens (primary N) is 1. The molecular formula is C33H31F3N4O7. The number of anilines is 1. The molecule has 3 aromatic carbocycles. The summed E-state index contributed by atoms with van der Waals surface area (Å²) in [6, 6.07) is 12.3. The molecule has 0 bridgehead atoms. The third kappa shape index (κ3) is 8.14. The second-order valence-corrected chi connectivity index (χ2v) is 10.7. The number of hydrogen-bond acceptors (Lipinski definition) is 6. The zero-order valence-electron chi connectivity index (χ0n) is 25.1. The van der Waals surface area contributed by atoms with Gasteiger partial charge in [0.1, 0.15) is 17.1 Å². The molecule has 11 nitrogen and oxygen atoms in total. The van der Waals surface area contributed by atoms with Crippen molar-refractivity contribution in [2.75, 3.05) is 24.5 Å². The van der Waals surface area contributed by atoms with Gasteiger partial charge in [0.15, 0.2) is 0 Å². The van der Waals surface area contributed by atoms with Gasteiger partial charge in [0, 0.05) is 37.7 Å². The first kappa shape index (κ1) is 34.2. The van der Waals surface area contributed by atoms with Gasteiger partial charge in [-0.2, -0.15) is 13.2 Å². The van der Waals surface area contributed by atoms with Gasteiger partial charge in [0.05, 0.1) is 22.9 Å². The van der Waals surface area contributed by atoms with Crippen LogP contribution in [0.25, 0.3) is 6.08 Å². The minimum absolute atomic E-state index is 0.0000422. The van der Waals surface area contributed by atoms with Gasteiger partial charge in [-0.05, 0) is 54.8 Å². The normalized spacial score (nSPS) is 14.3. The molecule has 1 heterocycles. The van der Waals surface area contributed by atoms with Crippen LogP contribution in [0.3, 0.4) is 0 Å². The van der Waals surface area contributed by atoms with E-state index in [1.807, 2.05) is 0 Å². The standard InChI is InChI=1S/C33H31F3N4O7/c1-19(41)39-15-12-23(13-16-39)38-29(37)21-7-2-5-20(17-21)6-4-14-40(26-8-3-9-27(42)28(26)33(34,35)36)30(43)22-10-11-24(31(44)45)25(18-22)32(46)47/h2-11,17-18,23,42H,12-16H2,1H3,(H2,37,38)(H,44,45)(H,46,47)/b6-4-. The Morgan fingerprint density at radius 3 is 2.23 bits per heavy atom. The van der Waals surface area contributed by atoms with Crippen LogP contribution in [0.4, 0.5) is 18.9 Å². The number of likely N-dealkylation sites (tertiary alicyclic amines) is 1. The van der Waals surface area contributed by atoms with Crippen molar-refractivity contribution >= 4 is 41.4 Å². The quantitative estimate of drug-likeness (QED) is 0.187. The van der Waals surface area contributed by atoms with Gasteiger partial charge in [-0.1, -0.05) is 36.4 Å². The zero-order valence-corrected chi connectivity index (χ0v) is 25.1. The SMILES string of the molecule is CC(=O)N1CCC(N=C(N)c2cccc(/C=C\CN(C(=O)c3ccc(C(=O)O)c(C(=O)O)c3)c3cccc(O)c3C(F)(F)F)c2)CC1. The van der Waals surface area contributed by atoms with Crippen LogP contribution in [0, 0.1) is 0 Å². The molecule has 1 fully saturated rings. The van der Waals surface area contributed by atoms with Crippen molar-refractivity contribution in [2.24, 2.45) is 10.7 Å². The van der Waals surface area contributed by atoms with Gasteiger partial charge in [0.25, 0.3) is 5.91 Å². The van der Waals surface area contributed by atoms with E-state index in [0.29, 0.717) is 42.0 Å². The first-order valence-electron chi connectivity index (χ1n) is 14.3. The van der Waals surface area contributed by atoms with Crippen LogP contribution in [-0.4, -0.2) is 75.5 Å². The van der Waals surface area contributed by atoms with Crippen molar-refractivity contribution in [1.82, 2.24) is 4.90 Å². The highest BCUT2D eigenvalue weighted by atomic mass is 19.4. The minimum Gasteiger partial charge on any atom is -0.507 e. The van der Waals surface area contributed by atoms with Crippen LogP contribution >= 0.6 is 0 Å². The number of nitrogens with zero attached hydrogens (tertiary/aromatic N) is 3. The van der Waals surface area contributed by atoms with Crippen LogP contribution < -0.4 is 10.6 Å². The number of amidine groups is 1. The molecule has 0 aliphatic carbocycles. The van der Waals surface area contributed by atoms with Gasteiger partial charge in [-0.3, -0.25) is 14.6 Å². The highest BCUT2D eigenvalue weighted by molar-refractivity contribution is 6.10. The summed E-state index contributed by atoms with van der Waals surface area (Å²) in [5.74, 6) is -5.16. The monoisotopic (exact) mass is 652 g/mol. The fraction of sp³-hybridized carbons (Fsp3) is 0.242. The number of phenols is 1. The molecule has 1 aliphatic heterocycles. The number of carboxylic acid groups (broad SMARTS) is 2. The van der Waals surface area contributed by atoms with Crippen molar-refractivity contribution in [1.29, 1.82) is 0 Å². The van der Waals surface area contributed by atoms with E-state index in [1.165, 1.54) is 19.1 Å². The molecule has 1 aliphatic rings. The number of rotatable bonds is 9. The third-order valence-electron chi connectivity index (χ3n) is 7.58. The first-order chi connectivity index (χ1) is 22.2. The second kappa shape index (κ2) is 14.2. The average molecular weight is 653 g/mol. The van der Waals surface area contributed by atoms with E-state index >= 15 is 0 Å². The predicted molar refractivity (Wildman–Crippen MR) is 167 cm³/mol. The number of hydrogen-bond donors (Lipinski definition) is 4. The molecule has 14 heteroatoms. The first-order valence-corrected chi connectivity index (χ1v) is 14.3. The van der Waals surface area contributed by atoms with E-state index in [4.69, 9.17) is 5.73 Å². The maximum absolute atomic E-state index is 14.1. The summed E-state index contributed by atoms with van der Waals surface area (Å²) in [4.78, 5) is 55.5. The largest absolute Gasteiger partial charge is 0.507 e. The number of carbonyl (C=O) groups is 4. The Balaban J connectivity index is 1.65. The number of alkyl halides is 3. The molecule has 0 aromatic heterocycles. The Hall–Kier alpha value is -5.66. The van der Waals surface area contributed by atoms with Crippen molar-refractivity contribution in [3.8, 4) is 5.75 Å². The maximum atomic E-state index is 14.1. The molecule has 3 aromatic rings. The van der Waals surface area contributed by atoms with Gasteiger partial charge >= 0.3 is 18.1 Å². The number of benzene rings is 3. The van der Waals surface area contributed by atoms with Crippen LogP contribution in [0.2, 0.25) is 0 Å². The summed E-state index contributed by atoms with van der Waals surface area (Å²) < 4.78 is 42.2. The van der Waals surface area contributed by atoms with Gasteiger partial charge in [0.2, 0.25) is 5.91 Å². The van der Waals surface area contributed by atoms with E-state index in [-0.39, 0.29) is 17.8 Å². The fourth-order valence-corrected chi connectivity index (χ4v) is 5.21. The summed E-state index contributed by atoms with van der Waals surface area (Å²) in [7, 11) is 0. The van der Waals surface area contributed by atoms with E-state index in [1.54, 1.807) is 29.2 Å². The van der Waals surface area contributed by atoms with Crippen molar-refractivity contribution < 1.29 is 47.7 Å². The Morgan fingerprint density at radius 2 is 1.62 bits per heavy atom. The Bertz CT molecular complexity index is 1760. The molecule has 246 valence electrons. The lowest BCUT2D eigenvalue weighted by Gasteiger charge is -2.29. The van der Waals surface area contributed by atoms with Crippen LogP contribution in [0.15, 0.2) is 71.7 Å². The average Bonchev–Trinajstić information content (AvgIpc) is 3.02. The number of halogens is 3. The molecule has 47 heavy (non-hydrogen) atoms. The van der Waals surface area contributed by atoms with Crippen molar-refractivity contribution in [3.05, 3.63) is 100 Å². The van der Waals surface area contributed by atoms with Crippen LogP contribution in [0.1, 0.15) is 67.5 Å². The summed E-state index contributed by atoms with van der Waals surface area (Å²) in [6.07, 6.45) is -0.821. The lowest BCUT2D eigenvalue weighted by atomic mass is 10.0. The number of aliphatic imine (C=N–C) groups is 1. The zero-order chi connectivity index (χ0) is 34.5. The molecule has 0 radical (unpaired) electrons. The summed E-state index contributed by atoms with van der Waals surface area (Å²) in [6.45, 7) is 2.20. The molecule has 2 amide bonds. The highest BCUT2D eigenvalue weighted by Crippen LogP contribution is 2.42. The topological polar surface area (TPSA) is 174 Å². The number of amides is 2. The Morgan fingerprint density at radius 1 is 0.957 bits per heavy atom. The van der Waals surface area contributed by atoms with Crippen LogP contribution in [-0.2, 0) is 11.0 Å². The van der Waals surface area contributed by atoms with E-state index in [0.717, 1.165) is 36.4 Å². The van der Waals surface area contributed by atoms with E-state index in [9.17, 15) is 47.7 Å². The predicted octanol–water partition coefficient (Wildman–Crippen LogP) is 4.88. The number of aromatic carboxylic acids is 2. The smallest absolute Gasteiger partial charge is 0.421 e. The molecule has 0 spiro atoms. The van der Waals surface area contributed by atoms with Crippen molar-refractivity contribution in [2.45, 2.75) is 32.0 Å².